The molecular formula is C10H15NO2. The molecule has 0 bridgehead atoms. The van der Waals surface area contributed by atoms with E-state index in [1.54, 1.807) is 0 Å². The Bertz CT molecular complexity index is 250. The number of ketones is 2. The third kappa shape index (κ3) is 1.23. The number of hydrogen-bond donors (Lipinski definition) is 1. The van der Waals surface area contributed by atoms with Gasteiger partial charge in [0, 0.05) is 0 Å². The molecule has 3 heteroatoms. The van der Waals surface area contributed by atoms with E-state index in [1.165, 1.54) is 12.2 Å². The molecule has 1 aliphatic carbocycles. The molecule has 0 amide bonds. The van der Waals surface area contributed by atoms with E-state index < -0.39 is 5.41 Å². The summed E-state index contributed by atoms with van der Waals surface area (Å²) in [6.07, 6.45) is 3.28. The van der Waals surface area contributed by atoms with Crippen molar-refractivity contribution in [3.05, 3.63) is 12.2 Å². The SMILES string of the molecule is CCC1(C(C)CN)C(=O)C=CC1=O. The minimum absolute atomic E-state index is 0.0764. The molecule has 0 aromatic rings. The first-order valence-corrected chi connectivity index (χ1v) is 4.56. The molecule has 3 nitrogen and oxygen atoms in total. The fourth-order valence-corrected chi connectivity index (χ4v) is 1.95. The van der Waals surface area contributed by atoms with Gasteiger partial charge in [-0.1, -0.05) is 13.8 Å². The van der Waals surface area contributed by atoms with Crippen LogP contribution in [-0.2, 0) is 9.59 Å². The molecule has 0 fully saturated rings. The first kappa shape index (κ1) is 10.1. The Hall–Kier alpha value is -0.960. The highest BCUT2D eigenvalue weighted by molar-refractivity contribution is 6.22. The van der Waals surface area contributed by atoms with Gasteiger partial charge in [0.2, 0.25) is 0 Å². The lowest BCUT2D eigenvalue weighted by atomic mass is 9.71. The Morgan fingerprint density at radius 2 is 1.85 bits per heavy atom. The highest BCUT2D eigenvalue weighted by Crippen LogP contribution is 2.37. The summed E-state index contributed by atoms with van der Waals surface area (Å²) in [4.78, 5) is 23.1. The zero-order valence-electron chi connectivity index (χ0n) is 8.04. The highest BCUT2D eigenvalue weighted by Gasteiger charge is 2.48. The van der Waals surface area contributed by atoms with E-state index >= 15 is 0 Å². The summed E-state index contributed by atoms with van der Waals surface area (Å²) >= 11 is 0. The van der Waals surface area contributed by atoms with E-state index in [9.17, 15) is 9.59 Å². The predicted octanol–water partition coefficient (Wildman–Crippen LogP) is 0.686. The van der Waals surface area contributed by atoms with Crippen LogP contribution in [0.3, 0.4) is 0 Å². The van der Waals surface area contributed by atoms with Crippen LogP contribution in [0.1, 0.15) is 20.3 Å². The molecule has 0 saturated carbocycles. The lowest BCUT2D eigenvalue weighted by molar-refractivity contribution is -0.136. The predicted molar refractivity (Wildman–Crippen MR) is 50.1 cm³/mol. The summed E-state index contributed by atoms with van der Waals surface area (Å²) in [5.41, 5.74) is 4.65. The van der Waals surface area contributed by atoms with E-state index in [-0.39, 0.29) is 17.5 Å². The van der Waals surface area contributed by atoms with Gasteiger partial charge in [0.25, 0.3) is 0 Å². The Morgan fingerprint density at radius 1 is 1.38 bits per heavy atom. The van der Waals surface area contributed by atoms with E-state index in [0.29, 0.717) is 13.0 Å². The van der Waals surface area contributed by atoms with Crippen molar-refractivity contribution in [1.82, 2.24) is 0 Å². The third-order valence-corrected chi connectivity index (χ3v) is 3.02. The minimum Gasteiger partial charge on any atom is -0.330 e. The zero-order valence-corrected chi connectivity index (χ0v) is 8.04. The third-order valence-electron chi connectivity index (χ3n) is 3.02. The zero-order chi connectivity index (χ0) is 10.1. The molecule has 0 radical (unpaired) electrons. The van der Waals surface area contributed by atoms with E-state index in [0.717, 1.165) is 0 Å². The molecular weight excluding hydrogens is 166 g/mol. The second-order valence-electron chi connectivity index (χ2n) is 3.52. The van der Waals surface area contributed by atoms with Crippen molar-refractivity contribution < 1.29 is 9.59 Å². The molecule has 72 valence electrons. The monoisotopic (exact) mass is 181 g/mol. The first-order chi connectivity index (χ1) is 6.09. The number of nitrogens with two attached hydrogens (primary N) is 1. The molecule has 0 saturated heterocycles. The van der Waals surface area contributed by atoms with Crippen LogP contribution in [0.25, 0.3) is 0 Å². The van der Waals surface area contributed by atoms with Gasteiger partial charge in [-0.15, -0.1) is 0 Å². The van der Waals surface area contributed by atoms with E-state index in [1.807, 2.05) is 13.8 Å². The van der Waals surface area contributed by atoms with E-state index in [2.05, 4.69) is 0 Å². The van der Waals surface area contributed by atoms with Crippen LogP contribution in [0.5, 0.6) is 0 Å². The second kappa shape index (κ2) is 3.42. The fourth-order valence-electron chi connectivity index (χ4n) is 1.95. The molecule has 1 aliphatic rings. The Labute approximate surface area is 78.0 Å². The van der Waals surface area contributed by atoms with Gasteiger partial charge in [0.15, 0.2) is 11.6 Å². The van der Waals surface area contributed by atoms with Gasteiger partial charge in [-0.05, 0) is 31.0 Å². The van der Waals surface area contributed by atoms with Crippen molar-refractivity contribution in [3.63, 3.8) is 0 Å². The van der Waals surface area contributed by atoms with Crippen LogP contribution < -0.4 is 5.73 Å². The highest BCUT2D eigenvalue weighted by atomic mass is 16.2. The largest absolute Gasteiger partial charge is 0.330 e. The van der Waals surface area contributed by atoms with Crippen LogP contribution in [0.15, 0.2) is 12.2 Å². The van der Waals surface area contributed by atoms with Crippen LogP contribution in [0.2, 0.25) is 0 Å². The van der Waals surface area contributed by atoms with Gasteiger partial charge in [-0.25, -0.2) is 0 Å². The summed E-state index contributed by atoms with van der Waals surface area (Å²) < 4.78 is 0. The Morgan fingerprint density at radius 3 is 2.15 bits per heavy atom. The summed E-state index contributed by atoms with van der Waals surface area (Å²) in [7, 11) is 0. The maximum Gasteiger partial charge on any atom is 0.169 e. The van der Waals surface area contributed by atoms with Crippen molar-refractivity contribution in [2.75, 3.05) is 6.54 Å². The van der Waals surface area contributed by atoms with Crippen LogP contribution in [0.4, 0.5) is 0 Å². The van der Waals surface area contributed by atoms with Crippen LogP contribution in [0, 0.1) is 11.3 Å². The number of hydrogen-bond acceptors (Lipinski definition) is 3. The van der Waals surface area contributed by atoms with Gasteiger partial charge < -0.3 is 5.73 Å². The first-order valence-electron chi connectivity index (χ1n) is 4.56. The lowest BCUT2D eigenvalue weighted by Gasteiger charge is -2.30. The van der Waals surface area contributed by atoms with Gasteiger partial charge in [-0.2, -0.15) is 0 Å². The topological polar surface area (TPSA) is 60.2 Å². The maximum absolute atomic E-state index is 11.6. The molecule has 0 spiro atoms. The van der Waals surface area contributed by atoms with Gasteiger partial charge in [0.05, 0.1) is 5.41 Å². The second-order valence-corrected chi connectivity index (χ2v) is 3.52. The minimum atomic E-state index is -0.852. The average molecular weight is 181 g/mol. The van der Waals surface area contributed by atoms with Crippen LogP contribution >= 0.6 is 0 Å². The average Bonchev–Trinajstić information content (AvgIpc) is 2.43. The molecule has 2 N–H and O–H groups in total. The molecule has 1 rings (SSSR count). The van der Waals surface area contributed by atoms with Gasteiger partial charge in [-0.3, -0.25) is 9.59 Å². The van der Waals surface area contributed by atoms with Gasteiger partial charge in [0.1, 0.15) is 0 Å². The van der Waals surface area contributed by atoms with Crippen molar-refractivity contribution in [2.45, 2.75) is 20.3 Å². The molecule has 13 heavy (non-hydrogen) atoms. The molecule has 0 heterocycles. The standard InChI is InChI=1S/C10H15NO2/c1-3-10(7(2)6-11)8(12)4-5-9(10)13/h4-5,7H,3,6,11H2,1-2H3. The Balaban J connectivity index is 3.06. The number of allylic oxidation sites excluding steroid dienone is 2. The lowest BCUT2D eigenvalue weighted by Crippen LogP contribution is -2.42. The van der Waals surface area contributed by atoms with E-state index in [4.69, 9.17) is 5.73 Å². The van der Waals surface area contributed by atoms with Crippen molar-refractivity contribution in [1.29, 1.82) is 0 Å². The maximum atomic E-state index is 11.6. The van der Waals surface area contributed by atoms with Crippen LogP contribution in [-0.4, -0.2) is 18.1 Å². The summed E-state index contributed by atoms with van der Waals surface area (Å²) in [6, 6.07) is 0. The van der Waals surface area contributed by atoms with Crippen molar-refractivity contribution in [3.8, 4) is 0 Å². The quantitative estimate of drug-likeness (QED) is 0.651. The molecule has 0 aliphatic heterocycles. The molecule has 1 atom stereocenters. The summed E-state index contributed by atoms with van der Waals surface area (Å²) in [5.74, 6) is -0.247. The number of carbonyl (C=O) groups excluding carboxylic acids is 2. The van der Waals surface area contributed by atoms with Crippen molar-refractivity contribution >= 4 is 11.6 Å². The number of rotatable bonds is 3. The Kier molecular flexibility index (Phi) is 2.66. The van der Waals surface area contributed by atoms with Crippen molar-refractivity contribution in [2.24, 2.45) is 17.1 Å². The van der Waals surface area contributed by atoms with Gasteiger partial charge >= 0.3 is 0 Å². The molecule has 0 aromatic heterocycles. The molecule has 1 unspecified atom stereocenters. The smallest absolute Gasteiger partial charge is 0.169 e. The number of carbonyl (C=O) groups is 2. The fraction of sp³-hybridized carbons (Fsp3) is 0.600. The molecule has 0 aromatic carbocycles. The summed E-state index contributed by atoms with van der Waals surface area (Å²) in [6.45, 7) is 4.08. The normalized spacial score (nSPS) is 22.4. The summed E-state index contributed by atoms with van der Waals surface area (Å²) in [5, 5.41) is 0.